The summed E-state index contributed by atoms with van der Waals surface area (Å²) in [5.41, 5.74) is 3.25. The van der Waals surface area contributed by atoms with Crippen molar-refractivity contribution in [3.8, 4) is 0 Å². The highest BCUT2D eigenvalue weighted by molar-refractivity contribution is 5.82. The van der Waals surface area contributed by atoms with E-state index in [4.69, 9.17) is 0 Å². The maximum absolute atomic E-state index is 12.3. The summed E-state index contributed by atoms with van der Waals surface area (Å²) in [5, 5.41) is 17.4. The summed E-state index contributed by atoms with van der Waals surface area (Å²) in [6.07, 6.45) is 3.95. The Labute approximate surface area is 149 Å². The van der Waals surface area contributed by atoms with Crippen LogP contribution in [0.2, 0.25) is 0 Å². The molecule has 1 aliphatic carbocycles. The first-order valence-corrected chi connectivity index (χ1v) is 8.80. The fourth-order valence-corrected chi connectivity index (χ4v) is 3.14. The van der Waals surface area contributed by atoms with Gasteiger partial charge in [-0.25, -0.2) is 0 Å². The fraction of sp³-hybridized carbons (Fsp3) is 0.500. The summed E-state index contributed by atoms with van der Waals surface area (Å²) in [6, 6.07) is 7.96. The molecular formula is C20H27N3O2. The monoisotopic (exact) mass is 341 g/mol. The molecule has 5 nitrogen and oxygen atoms in total. The van der Waals surface area contributed by atoms with E-state index in [-0.39, 0.29) is 29.7 Å². The number of nitrogens with zero attached hydrogens (tertiary/aromatic N) is 2. The zero-order valence-corrected chi connectivity index (χ0v) is 15.4. The molecule has 1 saturated carbocycles. The molecule has 0 spiro atoms. The summed E-state index contributed by atoms with van der Waals surface area (Å²) in [7, 11) is 1.88. The third-order valence-corrected chi connectivity index (χ3v) is 4.91. The van der Waals surface area contributed by atoms with Crippen LogP contribution in [0.1, 0.15) is 55.9 Å². The molecule has 3 atom stereocenters. The smallest absolute Gasteiger partial charge is 0.223 e. The Morgan fingerprint density at radius 1 is 1.36 bits per heavy atom. The average Bonchev–Trinajstić information content (AvgIpc) is 3.26. The van der Waals surface area contributed by atoms with E-state index in [1.807, 2.05) is 43.7 Å². The minimum atomic E-state index is -0.687. The van der Waals surface area contributed by atoms with Crippen LogP contribution in [0.15, 0.2) is 36.7 Å². The zero-order valence-electron chi connectivity index (χ0n) is 15.4. The number of carbonyl (C=O) groups excluding carboxylic acids is 1. The largest absolute Gasteiger partial charge is 0.387 e. The minimum absolute atomic E-state index is 0.000309. The Morgan fingerprint density at radius 3 is 2.60 bits per heavy atom. The van der Waals surface area contributed by atoms with Crippen molar-refractivity contribution in [1.29, 1.82) is 0 Å². The lowest BCUT2D eigenvalue weighted by molar-refractivity contribution is -0.122. The predicted octanol–water partition coefficient (Wildman–Crippen LogP) is 2.67. The lowest BCUT2D eigenvalue weighted by Gasteiger charge is -2.20. The van der Waals surface area contributed by atoms with E-state index in [9.17, 15) is 9.90 Å². The summed E-state index contributed by atoms with van der Waals surface area (Å²) in [6.45, 7) is 6.72. The van der Waals surface area contributed by atoms with E-state index in [1.165, 1.54) is 5.56 Å². The van der Waals surface area contributed by atoms with Crippen molar-refractivity contribution in [2.24, 2.45) is 13.0 Å². The molecule has 0 aliphatic heterocycles. The quantitative estimate of drug-likeness (QED) is 0.879. The Bertz CT molecular complexity index is 743. The van der Waals surface area contributed by atoms with E-state index in [1.54, 1.807) is 4.68 Å². The van der Waals surface area contributed by atoms with Crippen molar-refractivity contribution in [2.45, 2.75) is 44.6 Å². The standard InChI is InChI=1S/C20H27N3O2/c1-20(2,3)15-7-5-13(6-8-15)18(24)11-21-19(25)17-9-16(17)14-10-22-23(4)12-14/h5-8,10,12,16-18,24H,9,11H2,1-4H3,(H,21,25). The lowest BCUT2D eigenvalue weighted by Crippen LogP contribution is -2.30. The second kappa shape index (κ2) is 6.64. The lowest BCUT2D eigenvalue weighted by atomic mass is 9.86. The van der Waals surface area contributed by atoms with Gasteiger partial charge in [0.15, 0.2) is 0 Å². The normalized spacial score (nSPS) is 21.0. The van der Waals surface area contributed by atoms with Gasteiger partial charge in [0.2, 0.25) is 5.91 Å². The molecule has 2 N–H and O–H groups in total. The number of benzene rings is 1. The van der Waals surface area contributed by atoms with Gasteiger partial charge in [-0.05, 0) is 34.4 Å². The number of aromatic nitrogens is 2. The summed E-state index contributed by atoms with van der Waals surface area (Å²) >= 11 is 0. The zero-order chi connectivity index (χ0) is 18.2. The Hall–Kier alpha value is -2.14. The van der Waals surface area contributed by atoms with Gasteiger partial charge in [0.1, 0.15) is 0 Å². The molecule has 0 radical (unpaired) electrons. The van der Waals surface area contributed by atoms with Crippen molar-refractivity contribution < 1.29 is 9.90 Å². The number of nitrogens with one attached hydrogen (secondary N) is 1. The first-order valence-electron chi connectivity index (χ1n) is 8.80. The van der Waals surface area contributed by atoms with Crippen LogP contribution < -0.4 is 5.32 Å². The Balaban J connectivity index is 1.51. The van der Waals surface area contributed by atoms with Gasteiger partial charge in [-0.2, -0.15) is 5.10 Å². The SMILES string of the molecule is Cn1cc(C2CC2C(=O)NCC(O)c2ccc(C(C)(C)C)cc2)cn1. The second-order valence-corrected chi connectivity index (χ2v) is 8.03. The van der Waals surface area contributed by atoms with Crippen molar-refractivity contribution in [3.63, 3.8) is 0 Å². The Kier molecular flexibility index (Phi) is 4.69. The van der Waals surface area contributed by atoms with E-state index >= 15 is 0 Å². The molecule has 1 amide bonds. The third kappa shape index (κ3) is 4.10. The van der Waals surface area contributed by atoms with Crippen LogP contribution in [-0.4, -0.2) is 27.3 Å². The highest BCUT2D eigenvalue weighted by atomic mass is 16.3. The molecule has 1 heterocycles. The molecule has 1 fully saturated rings. The molecule has 0 bridgehead atoms. The van der Waals surface area contributed by atoms with Crippen LogP contribution in [0.3, 0.4) is 0 Å². The van der Waals surface area contributed by atoms with Crippen molar-refractivity contribution >= 4 is 5.91 Å². The fourth-order valence-electron chi connectivity index (χ4n) is 3.14. The molecule has 1 aromatic heterocycles. The summed E-state index contributed by atoms with van der Waals surface area (Å²) in [5.74, 6) is 0.274. The van der Waals surface area contributed by atoms with Crippen LogP contribution in [-0.2, 0) is 17.3 Å². The van der Waals surface area contributed by atoms with E-state index < -0.39 is 6.10 Å². The van der Waals surface area contributed by atoms with Crippen molar-refractivity contribution in [3.05, 3.63) is 53.3 Å². The van der Waals surface area contributed by atoms with Crippen LogP contribution in [0.5, 0.6) is 0 Å². The van der Waals surface area contributed by atoms with Gasteiger partial charge >= 0.3 is 0 Å². The van der Waals surface area contributed by atoms with Crippen molar-refractivity contribution in [1.82, 2.24) is 15.1 Å². The van der Waals surface area contributed by atoms with Crippen LogP contribution in [0, 0.1) is 5.92 Å². The molecule has 5 heteroatoms. The predicted molar refractivity (Wildman–Crippen MR) is 97.2 cm³/mol. The third-order valence-electron chi connectivity index (χ3n) is 4.91. The van der Waals surface area contributed by atoms with Gasteiger partial charge in [0.25, 0.3) is 0 Å². The number of hydrogen-bond donors (Lipinski definition) is 2. The number of hydrogen-bond acceptors (Lipinski definition) is 3. The number of aryl methyl sites for hydroxylation is 1. The first kappa shape index (κ1) is 17.7. The second-order valence-electron chi connectivity index (χ2n) is 8.03. The molecule has 2 aromatic rings. The Morgan fingerprint density at radius 2 is 2.04 bits per heavy atom. The van der Waals surface area contributed by atoms with Gasteiger partial charge in [0.05, 0.1) is 12.3 Å². The highest BCUT2D eigenvalue weighted by Gasteiger charge is 2.44. The van der Waals surface area contributed by atoms with E-state index in [2.05, 4.69) is 31.2 Å². The topological polar surface area (TPSA) is 67.2 Å². The molecule has 3 rings (SSSR count). The number of carbonyl (C=O) groups is 1. The van der Waals surface area contributed by atoms with E-state index in [0.29, 0.717) is 0 Å². The summed E-state index contributed by atoms with van der Waals surface area (Å²) in [4.78, 5) is 12.3. The van der Waals surface area contributed by atoms with Crippen LogP contribution >= 0.6 is 0 Å². The molecule has 134 valence electrons. The molecular weight excluding hydrogens is 314 g/mol. The molecule has 3 unspecified atom stereocenters. The van der Waals surface area contributed by atoms with Gasteiger partial charge in [-0.15, -0.1) is 0 Å². The number of amides is 1. The number of aliphatic hydroxyl groups is 1. The molecule has 0 saturated heterocycles. The molecule has 1 aliphatic rings. The van der Waals surface area contributed by atoms with Gasteiger partial charge in [0, 0.05) is 25.7 Å². The minimum Gasteiger partial charge on any atom is -0.387 e. The molecule has 1 aromatic carbocycles. The highest BCUT2D eigenvalue weighted by Crippen LogP contribution is 2.47. The maximum Gasteiger partial charge on any atom is 0.223 e. The molecule has 25 heavy (non-hydrogen) atoms. The van der Waals surface area contributed by atoms with Gasteiger partial charge < -0.3 is 10.4 Å². The van der Waals surface area contributed by atoms with Crippen LogP contribution in [0.25, 0.3) is 0 Å². The average molecular weight is 341 g/mol. The summed E-state index contributed by atoms with van der Waals surface area (Å²) < 4.78 is 1.76. The van der Waals surface area contributed by atoms with Crippen LogP contribution in [0.4, 0.5) is 0 Å². The number of rotatable bonds is 5. The van der Waals surface area contributed by atoms with Gasteiger partial charge in [-0.1, -0.05) is 45.0 Å². The number of aliphatic hydroxyl groups excluding tert-OH is 1. The van der Waals surface area contributed by atoms with Gasteiger partial charge in [-0.3, -0.25) is 9.48 Å². The van der Waals surface area contributed by atoms with Crippen molar-refractivity contribution in [2.75, 3.05) is 6.54 Å². The first-order chi connectivity index (χ1) is 11.8. The van der Waals surface area contributed by atoms with E-state index in [0.717, 1.165) is 17.5 Å². The maximum atomic E-state index is 12.3.